The average Bonchev–Trinajstić information content (AvgIpc) is 3.30. The Hall–Kier alpha value is -3.15. The molecule has 1 amide bonds. The minimum atomic E-state index is -4.47. The molecule has 0 bridgehead atoms. The van der Waals surface area contributed by atoms with Crippen molar-refractivity contribution in [1.82, 2.24) is 15.5 Å². The van der Waals surface area contributed by atoms with Gasteiger partial charge in [-0.15, -0.1) is 0 Å². The lowest BCUT2D eigenvalue weighted by atomic mass is 9.74. The lowest BCUT2D eigenvalue weighted by Gasteiger charge is -2.52. The summed E-state index contributed by atoms with van der Waals surface area (Å²) in [6, 6.07) is 13.6. The lowest BCUT2D eigenvalue weighted by Crippen LogP contribution is -2.64. The summed E-state index contributed by atoms with van der Waals surface area (Å²) in [5.74, 6) is -0.0191. The van der Waals surface area contributed by atoms with E-state index in [9.17, 15) is 22.8 Å². The monoisotopic (exact) mass is 577 g/mol. The smallest absolute Gasteiger partial charge is 0.433 e. The Balaban J connectivity index is 1.62. The predicted molar refractivity (Wildman–Crippen MR) is 146 cm³/mol. The minimum absolute atomic E-state index is 0.0191. The van der Waals surface area contributed by atoms with Crippen molar-refractivity contribution in [2.75, 3.05) is 40.1 Å². The van der Waals surface area contributed by atoms with E-state index in [1.807, 2.05) is 35.2 Å². The zero-order valence-corrected chi connectivity index (χ0v) is 23.7. The molecule has 2 fully saturated rings. The number of alkyl halides is 3. The first-order chi connectivity index (χ1) is 19.5. The molecular formula is C30H38F3N3O5. The maximum absolute atomic E-state index is 13.5. The van der Waals surface area contributed by atoms with E-state index < -0.39 is 35.1 Å². The number of hydrogen-bond acceptors (Lipinski definition) is 7. The fraction of sp³-hybridized carbons (Fsp3) is 0.533. The summed E-state index contributed by atoms with van der Waals surface area (Å²) in [6.07, 6.45) is -3.63. The molecule has 2 heterocycles. The Labute approximate surface area is 238 Å². The standard InChI is InChI=1S/C30H38F3N3O5/c1-21-15-23(17-25(16-21)30(31,32)33)22(2)40-19-29(24-7-5-4-6-8-24)12-11-28(10-9-26(37)35-28)18-36(29)20-41-27(38)39-14-13-34-3/h4-8,15-17,22,34H,9-14,18-20H2,1-3H3,(H,35,37)/t22-,28-,29-/m1/s1. The summed E-state index contributed by atoms with van der Waals surface area (Å²) in [7, 11) is 1.74. The second-order valence-electron chi connectivity index (χ2n) is 11.0. The molecule has 0 aliphatic carbocycles. The molecule has 4 rings (SSSR count). The van der Waals surface area contributed by atoms with Gasteiger partial charge in [-0.25, -0.2) is 4.79 Å². The van der Waals surface area contributed by atoms with E-state index in [4.69, 9.17) is 14.2 Å². The number of amides is 1. The van der Waals surface area contributed by atoms with Crippen LogP contribution in [-0.4, -0.2) is 62.6 Å². The third-order valence-corrected chi connectivity index (χ3v) is 8.04. The summed E-state index contributed by atoms with van der Waals surface area (Å²) >= 11 is 0. The Kier molecular flexibility index (Phi) is 9.61. The van der Waals surface area contributed by atoms with Crippen LogP contribution in [0.1, 0.15) is 61.0 Å². The molecule has 2 aliphatic heterocycles. The van der Waals surface area contributed by atoms with Gasteiger partial charge in [0, 0.05) is 19.5 Å². The molecule has 8 nitrogen and oxygen atoms in total. The number of hydrogen-bond donors (Lipinski definition) is 2. The normalized spacial score (nSPS) is 23.8. The van der Waals surface area contributed by atoms with Gasteiger partial charge in [-0.1, -0.05) is 42.0 Å². The van der Waals surface area contributed by atoms with E-state index in [0.717, 1.165) is 17.7 Å². The number of nitrogens with zero attached hydrogens (tertiary/aromatic N) is 1. The number of ether oxygens (including phenoxy) is 3. The average molecular weight is 578 g/mol. The van der Waals surface area contributed by atoms with Gasteiger partial charge in [0.2, 0.25) is 5.91 Å². The summed E-state index contributed by atoms with van der Waals surface area (Å²) in [5, 5.41) is 6.02. The first-order valence-corrected chi connectivity index (χ1v) is 13.8. The Morgan fingerprint density at radius 2 is 1.88 bits per heavy atom. The molecular weight excluding hydrogens is 539 g/mol. The second kappa shape index (κ2) is 12.8. The molecule has 3 atom stereocenters. The number of rotatable bonds is 10. The number of carbonyl (C=O) groups is 2. The number of carbonyl (C=O) groups excluding carboxylic acids is 2. The van der Waals surface area contributed by atoms with E-state index in [1.165, 1.54) is 0 Å². The maximum Gasteiger partial charge on any atom is 0.509 e. The molecule has 224 valence electrons. The topological polar surface area (TPSA) is 89.1 Å². The van der Waals surface area contributed by atoms with Crippen LogP contribution in [0, 0.1) is 6.92 Å². The van der Waals surface area contributed by atoms with Crippen molar-refractivity contribution in [2.45, 2.75) is 62.9 Å². The molecule has 0 unspecified atom stereocenters. The summed E-state index contributed by atoms with van der Waals surface area (Å²) in [4.78, 5) is 26.6. The number of nitrogens with one attached hydrogen (secondary N) is 2. The highest BCUT2D eigenvalue weighted by Crippen LogP contribution is 2.45. The van der Waals surface area contributed by atoms with E-state index in [-0.39, 0.29) is 25.9 Å². The molecule has 41 heavy (non-hydrogen) atoms. The van der Waals surface area contributed by atoms with Gasteiger partial charge in [-0.3, -0.25) is 9.69 Å². The van der Waals surface area contributed by atoms with Crippen molar-refractivity contribution in [3.8, 4) is 0 Å². The van der Waals surface area contributed by atoms with Crippen LogP contribution in [0.15, 0.2) is 48.5 Å². The molecule has 2 saturated heterocycles. The molecule has 2 aromatic rings. The van der Waals surface area contributed by atoms with Crippen molar-refractivity contribution < 1.29 is 37.0 Å². The van der Waals surface area contributed by atoms with Gasteiger partial charge < -0.3 is 24.8 Å². The van der Waals surface area contributed by atoms with Crippen LogP contribution in [0.25, 0.3) is 0 Å². The first kappa shape index (κ1) is 30.8. The highest BCUT2D eigenvalue weighted by Gasteiger charge is 2.52. The van der Waals surface area contributed by atoms with Gasteiger partial charge in [0.05, 0.1) is 29.4 Å². The van der Waals surface area contributed by atoms with Crippen molar-refractivity contribution >= 4 is 12.1 Å². The third-order valence-electron chi connectivity index (χ3n) is 8.04. The SMILES string of the molecule is CNCCOC(=O)OCN1C[C@@]2(CCC(=O)N2)CC[C@@]1(CO[C@H](C)c1cc(C)cc(C(F)(F)F)c1)c1ccccc1. The molecule has 2 aliphatic rings. The van der Waals surface area contributed by atoms with Crippen molar-refractivity contribution in [3.63, 3.8) is 0 Å². The largest absolute Gasteiger partial charge is 0.509 e. The fourth-order valence-corrected chi connectivity index (χ4v) is 5.75. The van der Waals surface area contributed by atoms with Gasteiger partial charge >= 0.3 is 12.3 Å². The molecule has 0 aromatic heterocycles. The van der Waals surface area contributed by atoms with Crippen LogP contribution in [0.4, 0.5) is 18.0 Å². The minimum Gasteiger partial charge on any atom is -0.433 e. The summed E-state index contributed by atoms with van der Waals surface area (Å²) in [6.45, 7) is 4.38. The predicted octanol–water partition coefficient (Wildman–Crippen LogP) is 5.06. The highest BCUT2D eigenvalue weighted by molar-refractivity contribution is 5.79. The number of likely N-dealkylation sites (N-methyl/N-ethyl adjacent to an activating group) is 1. The first-order valence-electron chi connectivity index (χ1n) is 13.8. The maximum atomic E-state index is 13.5. The highest BCUT2D eigenvalue weighted by atomic mass is 19.4. The van der Waals surface area contributed by atoms with Gasteiger partial charge in [0.1, 0.15) is 13.3 Å². The fourth-order valence-electron chi connectivity index (χ4n) is 5.75. The summed E-state index contributed by atoms with van der Waals surface area (Å²) in [5.41, 5.74) is -0.143. The van der Waals surface area contributed by atoms with Crippen molar-refractivity contribution in [3.05, 3.63) is 70.8 Å². The lowest BCUT2D eigenvalue weighted by molar-refractivity contribution is -0.137. The number of halogens is 3. The van der Waals surface area contributed by atoms with Crippen molar-refractivity contribution in [2.24, 2.45) is 0 Å². The molecule has 11 heteroatoms. The molecule has 2 N–H and O–H groups in total. The Bertz CT molecular complexity index is 1210. The van der Waals surface area contributed by atoms with Crippen molar-refractivity contribution in [1.29, 1.82) is 0 Å². The quantitative estimate of drug-likeness (QED) is 0.301. The summed E-state index contributed by atoms with van der Waals surface area (Å²) < 4.78 is 57.6. The van der Waals surface area contributed by atoms with Crippen LogP contribution in [0.5, 0.6) is 0 Å². The zero-order valence-electron chi connectivity index (χ0n) is 23.7. The second-order valence-corrected chi connectivity index (χ2v) is 11.0. The van der Waals surface area contributed by atoms with Crippen LogP contribution in [0.3, 0.4) is 0 Å². The van der Waals surface area contributed by atoms with E-state index in [1.54, 1.807) is 27.0 Å². The molecule has 0 saturated carbocycles. The number of likely N-dealkylation sites (tertiary alicyclic amines) is 1. The van der Waals surface area contributed by atoms with Crippen LogP contribution in [-0.2, 0) is 30.7 Å². The zero-order chi connectivity index (χ0) is 29.7. The molecule has 2 aromatic carbocycles. The van der Waals surface area contributed by atoms with Crippen LogP contribution in [0.2, 0.25) is 0 Å². The van der Waals surface area contributed by atoms with Crippen LogP contribution >= 0.6 is 0 Å². The van der Waals surface area contributed by atoms with Gasteiger partial charge in [-0.2, -0.15) is 13.2 Å². The number of benzene rings is 2. The molecule has 0 radical (unpaired) electrons. The number of aryl methyl sites for hydroxylation is 1. The Morgan fingerprint density at radius 3 is 2.54 bits per heavy atom. The van der Waals surface area contributed by atoms with Gasteiger partial charge in [-0.05, 0) is 63.4 Å². The van der Waals surface area contributed by atoms with E-state index >= 15 is 0 Å². The molecule has 1 spiro atoms. The van der Waals surface area contributed by atoms with Gasteiger partial charge in [0.25, 0.3) is 0 Å². The van der Waals surface area contributed by atoms with Crippen LogP contribution < -0.4 is 10.6 Å². The Morgan fingerprint density at radius 1 is 1.12 bits per heavy atom. The number of piperidine rings is 1. The van der Waals surface area contributed by atoms with E-state index in [2.05, 4.69) is 10.6 Å². The van der Waals surface area contributed by atoms with E-state index in [0.29, 0.717) is 49.9 Å². The third kappa shape index (κ3) is 7.38. The van der Waals surface area contributed by atoms with Gasteiger partial charge in [0.15, 0.2) is 0 Å².